The molecule has 0 radical (unpaired) electrons. The van der Waals surface area contributed by atoms with Gasteiger partial charge in [-0.15, -0.1) is 0 Å². The lowest BCUT2D eigenvalue weighted by atomic mass is 10.1. The Morgan fingerprint density at radius 1 is 1.41 bits per heavy atom. The highest BCUT2D eigenvalue weighted by Gasteiger charge is 2.30. The van der Waals surface area contributed by atoms with E-state index < -0.39 is 17.7 Å². The van der Waals surface area contributed by atoms with Crippen molar-refractivity contribution >= 4 is 17.5 Å². The zero-order valence-electron chi connectivity index (χ0n) is 15.4. The SMILES string of the molecule is C=C(/C=C\C(=C)C(F)(F)F)NC(=O)c1cc(Cl)cc(CN2CCC(C#N)C2)c1O. The van der Waals surface area contributed by atoms with Crippen LogP contribution in [-0.4, -0.2) is 35.2 Å². The van der Waals surface area contributed by atoms with E-state index in [4.69, 9.17) is 16.9 Å². The number of benzene rings is 1. The normalized spacial score (nSPS) is 17.3. The fourth-order valence-corrected chi connectivity index (χ4v) is 3.06. The number of nitrogens with zero attached hydrogens (tertiary/aromatic N) is 2. The minimum Gasteiger partial charge on any atom is -0.507 e. The number of hydrogen-bond donors (Lipinski definition) is 2. The van der Waals surface area contributed by atoms with E-state index in [-0.39, 0.29) is 28.0 Å². The molecule has 1 unspecified atom stereocenters. The largest absolute Gasteiger partial charge is 0.507 e. The van der Waals surface area contributed by atoms with Crippen LogP contribution in [0.2, 0.25) is 5.02 Å². The average Bonchev–Trinajstić information content (AvgIpc) is 3.09. The molecule has 1 heterocycles. The van der Waals surface area contributed by atoms with Gasteiger partial charge in [-0.1, -0.05) is 24.8 Å². The van der Waals surface area contributed by atoms with Gasteiger partial charge in [0.15, 0.2) is 0 Å². The summed E-state index contributed by atoms with van der Waals surface area (Å²) in [6, 6.07) is 4.98. The number of phenols is 1. The molecule has 0 saturated carbocycles. The van der Waals surface area contributed by atoms with Crippen LogP contribution < -0.4 is 5.32 Å². The summed E-state index contributed by atoms with van der Waals surface area (Å²) in [7, 11) is 0. The van der Waals surface area contributed by atoms with Crippen LogP contribution in [0.3, 0.4) is 0 Å². The van der Waals surface area contributed by atoms with Gasteiger partial charge in [-0.25, -0.2) is 0 Å². The van der Waals surface area contributed by atoms with Crippen molar-refractivity contribution in [3.05, 3.63) is 64.9 Å². The molecule has 1 aromatic carbocycles. The van der Waals surface area contributed by atoms with Crippen LogP contribution >= 0.6 is 11.6 Å². The molecule has 1 atom stereocenters. The number of allylic oxidation sites excluding steroid dienone is 3. The maximum absolute atomic E-state index is 12.4. The van der Waals surface area contributed by atoms with Crippen molar-refractivity contribution in [2.45, 2.75) is 19.1 Å². The molecular weight excluding hydrogens is 407 g/mol. The second kappa shape index (κ2) is 9.16. The second-order valence-electron chi connectivity index (χ2n) is 6.65. The molecular formula is C20H19ClF3N3O2. The number of nitrogens with one attached hydrogen (secondary N) is 1. The van der Waals surface area contributed by atoms with Crippen LogP contribution in [0, 0.1) is 17.2 Å². The highest BCUT2D eigenvalue weighted by Crippen LogP contribution is 2.30. The molecule has 29 heavy (non-hydrogen) atoms. The van der Waals surface area contributed by atoms with E-state index in [1.807, 2.05) is 4.90 Å². The molecule has 1 aliphatic rings. The van der Waals surface area contributed by atoms with Crippen molar-refractivity contribution in [2.75, 3.05) is 13.1 Å². The number of likely N-dealkylation sites (tertiary alicyclic amines) is 1. The van der Waals surface area contributed by atoms with Gasteiger partial charge < -0.3 is 10.4 Å². The Morgan fingerprint density at radius 3 is 2.69 bits per heavy atom. The van der Waals surface area contributed by atoms with Crippen molar-refractivity contribution in [1.82, 2.24) is 10.2 Å². The molecule has 154 valence electrons. The van der Waals surface area contributed by atoms with Gasteiger partial charge in [0.1, 0.15) is 5.75 Å². The summed E-state index contributed by atoms with van der Waals surface area (Å²) in [6.45, 7) is 7.88. The predicted molar refractivity (Wildman–Crippen MR) is 103 cm³/mol. The standard InChI is InChI=1S/C20H19ClF3N3O2/c1-12(20(22,23)24)3-4-13(2)26-19(29)17-8-16(21)7-15(18(17)28)11-27-6-5-14(9-25)10-27/h3-4,7-8,14,28H,1-2,5-6,10-11H2,(H,26,29)/b4-3-. The fourth-order valence-electron chi connectivity index (χ4n) is 2.82. The minimum atomic E-state index is -4.58. The number of amides is 1. The highest BCUT2D eigenvalue weighted by atomic mass is 35.5. The predicted octanol–water partition coefficient (Wildman–Crippen LogP) is 4.31. The summed E-state index contributed by atoms with van der Waals surface area (Å²) in [5, 5.41) is 22.0. The summed E-state index contributed by atoms with van der Waals surface area (Å²) in [5.74, 6) is -1.14. The zero-order chi connectivity index (χ0) is 21.8. The third-order valence-electron chi connectivity index (χ3n) is 4.37. The Hall–Kier alpha value is -2.76. The van der Waals surface area contributed by atoms with Gasteiger partial charge in [-0.2, -0.15) is 18.4 Å². The smallest absolute Gasteiger partial charge is 0.415 e. The topological polar surface area (TPSA) is 76.4 Å². The molecule has 2 rings (SSSR count). The van der Waals surface area contributed by atoms with Gasteiger partial charge in [0.2, 0.25) is 0 Å². The van der Waals surface area contributed by atoms with E-state index in [2.05, 4.69) is 24.5 Å². The van der Waals surface area contributed by atoms with Crippen LogP contribution in [0.15, 0.2) is 48.7 Å². The summed E-state index contributed by atoms with van der Waals surface area (Å²) in [6.07, 6.45) is -2.21. The molecule has 1 aromatic rings. The molecule has 1 saturated heterocycles. The molecule has 9 heteroatoms. The molecule has 5 nitrogen and oxygen atoms in total. The first kappa shape index (κ1) is 22.5. The van der Waals surface area contributed by atoms with Crippen molar-refractivity contribution in [3.63, 3.8) is 0 Å². The minimum absolute atomic E-state index is 0.0827. The summed E-state index contributed by atoms with van der Waals surface area (Å²) < 4.78 is 37.3. The Labute approximate surface area is 171 Å². The first-order valence-corrected chi connectivity index (χ1v) is 8.97. The molecule has 1 fully saturated rings. The number of carbonyl (C=O) groups excluding carboxylic acids is 1. The van der Waals surface area contributed by atoms with E-state index in [1.54, 1.807) is 0 Å². The third kappa shape index (κ3) is 6.11. The number of nitriles is 1. The van der Waals surface area contributed by atoms with Gasteiger partial charge in [0.05, 0.1) is 17.6 Å². The van der Waals surface area contributed by atoms with Gasteiger partial charge in [0.25, 0.3) is 5.91 Å². The summed E-state index contributed by atoms with van der Waals surface area (Å²) in [5.41, 5.74) is -0.930. The molecule has 0 spiro atoms. The van der Waals surface area contributed by atoms with Crippen LogP contribution in [0.25, 0.3) is 0 Å². The van der Waals surface area contributed by atoms with E-state index in [1.165, 1.54) is 12.1 Å². The fraction of sp³-hybridized carbons (Fsp3) is 0.300. The lowest BCUT2D eigenvalue weighted by Gasteiger charge is -2.17. The lowest BCUT2D eigenvalue weighted by Crippen LogP contribution is -2.23. The Morgan fingerprint density at radius 2 is 2.10 bits per heavy atom. The van der Waals surface area contributed by atoms with Gasteiger partial charge in [0, 0.05) is 34.9 Å². The van der Waals surface area contributed by atoms with Crippen LogP contribution in [0.4, 0.5) is 13.2 Å². The van der Waals surface area contributed by atoms with Crippen molar-refractivity contribution in [2.24, 2.45) is 5.92 Å². The maximum atomic E-state index is 12.4. The molecule has 0 aliphatic carbocycles. The van der Waals surface area contributed by atoms with E-state index in [0.717, 1.165) is 12.5 Å². The van der Waals surface area contributed by atoms with Crippen LogP contribution in [0.5, 0.6) is 5.75 Å². The van der Waals surface area contributed by atoms with E-state index >= 15 is 0 Å². The highest BCUT2D eigenvalue weighted by molar-refractivity contribution is 6.31. The number of aromatic hydroxyl groups is 1. The van der Waals surface area contributed by atoms with Crippen molar-refractivity contribution in [1.29, 1.82) is 5.26 Å². The number of alkyl halides is 3. The number of phenolic OH excluding ortho intramolecular Hbond substituents is 1. The van der Waals surface area contributed by atoms with Gasteiger partial charge in [-0.05, 0) is 37.3 Å². The summed E-state index contributed by atoms with van der Waals surface area (Å²) >= 11 is 6.06. The monoisotopic (exact) mass is 425 g/mol. The van der Waals surface area contributed by atoms with Crippen molar-refractivity contribution in [3.8, 4) is 11.8 Å². The third-order valence-corrected chi connectivity index (χ3v) is 4.59. The van der Waals surface area contributed by atoms with Gasteiger partial charge in [-0.3, -0.25) is 9.69 Å². The van der Waals surface area contributed by atoms with Crippen LogP contribution in [0.1, 0.15) is 22.3 Å². The maximum Gasteiger partial charge on any atom is 0.415 e. The van der Waals surface area contributed by atoms with Crippen molar-refractivity contribution < 1.29 is 23.1 Å². The average molecular weight is 426 g/mol. The molecule has 1 amide bonds. The Balaban J connectivity index is 2.11. The first-order valence-electron chi connectivity index (χ1n) is 8.59. The van der Waals surface area contributed by atoms with E-state index in [9.17, 15) is 23.1 Å². The molecule has 1 aliphatic heterocycles. The summed E-state index contributed by atoms with van der Waals surface area (Å²) in [4.78, 5) is 14.4. The Kier molecular flexibility index (Phi) is 7.11. The number of halogens is 4. The quantitative estimate of drug-likeness (QED) is 0.666. The zero-order valence-corrected chi connectivity index (χ0v) is 16.1. The lowest BCUT2D eigenvalue weighted by molar-refractivity contribution is -0.0878. The van der Waals surface area contributed by atoms with E-state index in [0.29, 0.717) is 31.3 Å². The second-order valence-corrected chi connectivity index (χ2v) is 7.08. The number of rotatable bonds is 6. The van der Waals surface area contributed by atoms with Crippen LogP contribution in [-0.2, 0) is 6.54 Å². The van der Waals surface area contributed by atoms with Gasteiger partial charge >= 0.3 is 6.18 Å². The number of hydrogen-bond acceptors (Lipinski definition) is 4. The first-order chi connectivity index (χ1) is 13.5. The molecule has 0 bridgehead atoms. The Bertz CT molecular complexity index is 903. The molecule has 0 aromatic heterocycles. The molecule has 2 N–H and O–H groups in total. The number of carbonyl (C=O) groups is 1.